The van der Waals surface area contributed by atoms with Gasteiger partial charge in [-0.2, -0.15) is 0 Å². The minimum absolute atomic E-state index is 0.0291. The molecular formula is C21H24N2O6. The van der Waals surface area contributed by atoms with Crippen LogP contribution in [0, 0.1) is 0 Å². The highest BCUT2D eigenvalue weighted by molar-refractivity contribution is 5.96. The van der Waals surface area contributed by atoms with E-state index in [4.69, 9.17) is 9.47 Å². The van der Waals surface area contributed by atoms with Crippen LogP contribution in [0.3, 0.4) is 0 Å². The Hall–Kier alpha value is -3.42. The first-order chi connectivity index (χ1) is 13.9. The zero-order chi connectivity index (χ0) is 21.0. The fraction of sp³-hybridized carbons (Fsp3) is 0.333. The maximum atomic E-state index is 12.5. The minimum atomic E-state index is -0.261. The van der Waals surface area contributed by atoms with Gasteiger partial charge in [0.05, 0.1) is 14.2 Å². The maximum Gasteiger partial charge on any atom is 0.251 e. The average Bonchev–Trinajstić information content (AvgIpc) is 3.15. The van der Waals surface area contributed by atoms with Gasteiger partial charge in [-0.25, -0.2) is 0 Å². The summed E-state index contributed by atoms with van der Waals surface area (Å²) in [5, 5.41) is 25.2. The summed E-state index contributed by atoms with van der Waals surface area (Å²) < 4.78 is 10.1. The summed E-state index contributed by atoms with van der Waals surface area (Å²) in [6.45, 7) is 0. The first kappa shape index (κ1) is 20.3. The smallest absolute Gasteiger partial charge is 0.251 e. The number of nitrogens with one attached hydrogen (secondary N) is 2. The van der Waals surface area contributed by atoms with E-state index in [2.05, 4.69) is 10.6 Å². The number of benzene rings is 2. The number of rotatable bonds is 6. The molecule has 2 atom stereocenters. The van der Waals surface area contributed by atoms with Crippen molar-refractivity contribution in [2.75, 3.05) is 14.2 Å². The number of aromatic hydroxyl groups is 2. The fourth-order valence-corrected chi connectivity index (χ4v) is 3.42. The monoisotopic (exact) mass is 400 g/mol. The molecule has 29 heavy (non-hydrogen) atoms. The Morgan fingerprint density at radius 1 is 0.828 bits per heavy atom. The second kappa shape index (κ2) is 8.72. The number of phenols is 2. The quantitative estimate of drug-likeness (QED) is 0.591. The molecule has 0 unspecified atom stereocenters. The Balaban J connectivity index is 1.56. The van der Waals surface area contributed by atoms with E-state index in [9.17, 15) is 19.8 Å². The fourth-order valence-electron chi connectivity index (χ4n) is 3.42. The number of carbonyl (C=O) groups is 2. The zero-order valence-corrected chi connectivity index (χ0v) is 16.3. The van der Waals surface area contributed by atoms with Crippen molar-refractivity contribution in [3.05, 3.63) is 47.5 Å². The van der Waals surface area contributed by atoms with Crippen LogP contribution in [0.25, 0.3) is 0 Å². The molecule has 1 fully saturated rings. The molecule has 8 heteroatoms. The summed E-state index contributed by atoms with van der Waals surface area (Å²) in [6.07, 6.45) is 2.09. The lowest BCUT2D eigenvalue weighted by Crippen LogP contribution is -2.37. The maximum absolute atomic E-state index is 12.5. The summed E-state index contributed by atoms with van der Waals surface area (Å²) in [5.74, 6) is -0.110. The molecule has 154 valence electrons. The second-order valence-electron chi connectivity index (χ2n) is 6.93. The van der Waals surface area contributed by atoms with Gasteiger partial charge < -0.3 is 30.3 Å². The van der Waals surface area contributed by atoms with E-state index in [-0.39, 0.29) is 46.9 Å². The van der Waals surface area contributed by atoms with E-state index in [1.165, 1.54) is 50.6 Å². The minimum Gasteiger partial charge on any atom is -0.504 e. The molecule has 8 nitrogen and oxygen atoms in total. The van der Waals surface area contributed by atoms with Crippen LogP contribution in [0.5, 0.6) is 23.0 Å². The molecule has 0 aromatic heterocycles. The summed E-state index contributed by atoms with van der Waals surface area (Å²) in [4.78, 5) is 24.9. The third-order valence-electron chi connectivity index (χ3n) is 4.99. The lowest BCUT2D eigenvalue weighted by Gasteiger charge is -2.15. The number of amides is 2. The summed E-state index contributed by atoms with van der Waals surface area (Å²) in [7, 11) is 2.84. The Morgan fingerprint density at radius 2 is 1.24 bits per heavy atom. The molecule has 0 saturated heterocycles. The van der Waals surface area contributed by atoms with Crippen molar-refractivity contribution < 1.29 is 29.3 Å². The Bertz CT molecular complexity index is 841. The molecule has 1 aliphatic rings. The number of carbonyl (C=O) groups excluding carboxylic acids is 2. The van der Waals surface area contributed by atoms with Crippen LogP contribution in [-0.4, -0.2) is 48.3 Å². The highest BCUT2D eigenvalue weighted by atomic mass is 16.5. The van der Waals surface area contributed by atoms with Gasteiger partial charge in [-0.3, -0.25) is 9.59 Å². The first-order valence-electron chi connectivity index (χ1n) is 9.27. The van der Waals surface area contributed by atoms with E-state index in [0.29, 0.717) is 17.5 Å². The molecule has 0 spiro atoms. The topological polar surface area (TPSA) is 117 Å². The molecule has 2 aromatic carbocycles. The Kier molecular flexibility index (Phi) is 6.11. The van der Waals surface area contributed by atoms with Crippen LogP contribution in [0.2, 0.25) is 0 Å². The van der Waals surface area contributed by atoms with Gasteiger partial charge in [0, 0.05) is 23.2 Å². The van der Waals surface area contributed by atoms with E-state index in [1.807, 2.05) is 0 Å². The van der Waals surface area contributed by atoms with Crippen LogP contribution in [0.1, 0.15) is 40.0 Å². The highest BCUT2D eigenvalue weighted by Crippen LogP contribution is 2.28. The van der Waals surface area contributed by atoms with Crippen molar-refractivity contribution in [2.45, 2.75) is 31.3 Å². The Morgan fingerprint density at radius 3 is 1.62 bits per heavy atom. The predicted molar refractivity (Wildman–Crippen MR) is 106 cm³/mol. The highest BCUT2D eigenvalue weighted by Gasteiger charge is 2.28. The van der Waals surface area contributed by atoms with Crippen molar-refractivity contribution in [1.82, 2.24) is 10.6 Å². The Labute approximate surface area is 168 Å². The van der Waals surface area contributed by atoms with Gasteiger partial charge >= 0.3 is 0 Å². The van der Waals surface area contributed by atoms with E-state index >= 15 is 0 Å². The van der Waals surface area contributed by atoms with Crippen LogP contribution < -0.4 is 20.1 Å². The van der Waals surface area contributed by atoms with Gasteiger partial charge in [-0.05, 0) is 55.7 Å². The molecular weight excluding hydrogens is 376 g/mol. The number of hydrogen-bond donors (Lipinski definition) is 4. The molecule has 2 aromatic rings. The third kappa shape index (κ3) is 4.71. The lowest BCUT2D eigenvalue weighted by molar-refractivity contribution is 0.0936. The van der Waals surface area contributed by atoms with Crippen LogP contribution in [0.4, 0.5) is 0 Å². The van der Waals surface area contributed by atoms with E-state index in [1.54, 1.807) is 0 Å². The van der Waals surface area contributed by atoms with Crippen molar-refractivity contribution in [1.29, 1.82) is 0 Å². The average molecular weight is 400 g/mol. The molecule has 2 amide bonds. The van der Waals surface area contributed by atoms with Crippen molar-refractivity contribution >= 4 is 11.8 Å². The normalized spacial score (nSPS) is 18.1. The molecule has 1 saturated carbocycles. The van der Waals surface area contributed by atoms with Gasteiger partial charge in [0.1, 0.15) is 0 Å². The molecule has 3 rings (SSSR count). The van der Waals surface area contributed by atoms with Crippen molar-refractivity contribution in [3.63, 3.8) is 0 Å². The summed E-state index contributed by atoms with van der Waals surface area (Å²) in [6, 6.07) is 8.71. The zero-order valence-electron chi connectivity index (χ0n) is 16.3. The number of ether oxygens (including phenoxy) is 2. The van der Waals surface area contributed by atoms with Crippen molar-refractivity contribution in [2.24, 2.45) is 0 Å². The molecule has 0 heterocycles. The standard InChI is InChI=1S/C21H24N2O6/c1-28-18-9-12(3-7-16(18)24)20(26)22-14-5-6-15(11-14)23-21(27)13-4-8-17(25)19(10-13)29-2/h3-4,7-10,14-15,24-25H,5-6,11H2,1-2H3,(H,22,26)(H,23,27)/t14-,15+. The summed E-state index contributed by atoms with van der Waals surface area (Å²) in [5.41, 5.74) is 0.784. The van der Waals surface area contributed by atoms with Crippen LogP contribution in [-0.2, 0) is 0 Å². The number of phenolic OH excluding ortho intramolecular Hbond substituents is 2. The second-order valence-corrected chi connectivity index (χ2v) is 6.93. The van der Waals surface area contributed by atoms with Gasteiger partial charge in [-0.15, -0.1) is 0 Å². The van der Waals surface area contributed by atoms with Gasteiger partial charge in [0.2, 0.25) is 0 Å². The van der Waals surface area contributed by atoms with Gasteiger partial charge in [-0.1, -0.05) is 0 Å². The lowest BCUT2D eigenvalue weighted by atomic mass is 10.1. The molecule has 0 bridgehead atoms. The van der Waals surface area contributed by atoms with Gasteiger partial charge in [0.25, 0.3) is 11.8 Å². The van der Waals surface area contributed by atoms with E-state index < -0.39 is 0 Å². The molecule has 0 radical (unpaired) electrons. The number of hydrogen-bond acceptors (Lipinski definition) is 6. The first-order valence-corrected chi connectivity index (χ1v) is 9.27. The SMILES string of the molecule is COc1cc(C(=O)N[C@@H]2CC[C@H](NC(=O)c3ccc(O)c(OC)c3)C2)ccc1O. The predicted octanol–water partition coefficient (Wildman–Crippen LogP) is 2.20. The van der Waals surface area contributed by atoms with Crippen molar-refractivity contribution in [3.8, 4) is 23.0 Å². The third-order valence-corrected chi connectivity index (χ3v) is 4.99. The molecule has 1 aliphatic carbocycles. The molecule has 0 aliphatic heterocycles. The van der Waals surface area contributed by atoms with Crippen LogP contribution in [0.15, 0.2) is 36.4 Å². The van der Waals surface area contributed by atoms with E-state index in [0.717, 1.165) is 12.8 Å². The van der Waals surface area contributed by atoms with Gasteiger partial charge in [0.15, 0.2) is 23.0 Å². The molecule has 4 N–H and O–H groups in total. The largest absolute Gasteiger partial charge is 0.504 e. The summed E-state index contributed by atoms with van der Waals surface area (Å²) >= 11 is 0. The van der Waals surface area contributed by atoms with Crippen LogP contribution >= 0.6 is 0 Å². The number of methoxy groups -OCH3 is 2.